The number of para-hydroxylation sites is 1. The van der Waals surface area contributed by atoms with E-state index < -0.39 is 0 Å². The topological polar surface area (TPSA) is 73.6 Å². The van der Waals surface area contributed by atoms with E-state index in [0.717, 1.165) is 17.1 Å². The highest BCUT2D eigenvalue weighted by molar-refractivity contribution is 5.65. The Bertz CT molecular complexity index is 979. The lowest BCUT2D eigenvalue weighted by molar-refractivity contribution is 0.590. The average Bonchev–Trinajstić information content (AvgIpc) is 2.61. The van der Waals surface area contributed by atoms with E-state index in [-0.39, 0.29) is 5.41 Å². The van der Waals surface area contributed by atoms with Crippen LogP contribution in [0.5, 0.6) is 0 Å². The van der Waals surface area contributed by atoms with Gasteiger partial charge in [-0.2, -0.15) is 10.2 Å². The van der Waals surface area contributed by atoms with Gasteiger partial charge in [-0.05, 0) is 42.2 Å². The molecule has 0 bridgehead atoms. The molecule has 0 saturated carbocycles. The van der Waals surface area contributed by atoms with Gasteiger partial charge in [0.1, 0.15) is 11.9 Å². The summed E-state index contributed by atoms with van der Waals surface area (Å²) in [7, 11) is 0. The molecule has 2 N–H and O–H groups in total. The van der Waals surface area contributed by atoms with E-state index in [1.54, 1.807) is 6.07 Å². The summed E-state index contributed by atoms with van der Waals surface area (Å²) < 4.78 is 0. The Labute approximate surface area is 160 Å². The van der Waals surface area contributed by atoms with Gasteiger partial charge in [-0.1, -0.05) is 45.0 Å². The molecule has 0 fully saturated rings. The first kappa shape index (κ1) is 18.4. The second-order valence-corrected chi connectivity index (χ2v) is 7.45. The quantitative estimate of drug-likeness (QED) is 0.650. The molecular formula is C22H23N5. The fraction of sp³-hybridized carbons (Fsp3) is 0.227. The minimum atomic E-state index is 0.115. The van der Waals surface area contributed by atoms with Gasteiger partial charge in [-0.15, -0.1) is 0 Å². The van der Waals surface area contributed by atoms with Gasteiger partial charge in [0.2, 0.25) is 5.95 Å². The molecule has 5 nitrogen and oxygen atoms in total. The van der Waals surface area contributed by atoms with Crippen molar-refractivity contribution in [2.45, 2.75) is 33.1 Å². The van der Waals surface area contributed by atoms with Crippen LogP contribution < -0.4 is 10.6 Å². The van der Waals surface area contributed by atoms with Crippen molar-refractivity contribution in [3.63, 3.8) is 0 Å². The van der Waals surface area contributed by atoms with Gasteiger partial charge in [0.05, 0.1) is 11.3 Å². The van der Waals surface area contributed by atoms with Crippen LogP contribution >= 0.6 is 0 Å². The van der Waals surface area contributed by atoms with Crippen molar-refractivity contribution in [2.75, 3.05) is 10.6 Å². The van der Waals surface area contributed by atoms with Crippen molar-refractivity contribution in [3.05, 3.63) is 71.4 Å². The first-order valence-corrected chi connectivity index (χ1v) is 8.84. The molecule has 27 heavy (non-hydrogen) atoms. The maximum absolute atomic E-state index is 9.24. The van der Waals surface area contributed by atoms with Gasteiger partial charge in [0.15, 0.2) is 0 Å². The van der Waals surface area contributed by atoms with Crippen molar-refractivity contribution in [3.8, 4) is 6.07 Å². The zero-order valence-electron chi connectivity index (χ0n) is 16.0. The summed E-state index contributed by atoms with van der Waals surface area (Å²) in [4.78, 5) is 8.99. The van der Waals surface area contributed by atoms with E-state index >= 15 is 0 Å². The second kappa shape index (κ2) is 7.46. The number of nitrogens with zero attached hydrogens (tertiary/aromatic N) is 3. The van der Waals surface area contributed by atoms with Gasteiger partial charge in [-0.25, -0.2) is 4.98 Å². The number of hydrogen-bond acceptors (Lipinski definition) is 5. The van der Waals surface area contributed by atoms with Crippen molar-refractivity contribution in [2.24, 2.45) is 0 Å². The fourth-order valence-corrected chi connectivity index (χ4v) is 2.70. The van der Waals surface area contributed by atoms with Gasteiger partial charge < -0.3 is 10.6 Å². The Kier molecular flexibility index (Phi) is 5.09. The molecule has 2 aromatic carbocycles. The number of benzene rings is 2. The maximum Gasteiger partial charge on any atom is 0.229 e. The number of hydrogen-bond donors (Lipinski definition) is 2. The predicted octanol–water partition coefficient (Wildman–Crippen LogP) is 5.44. The highest BCUT2D eigenvalue weighted by Gasteiger charge is 2.13. The average molecular weight is 357 g/mol. The number of aromatic nitrogens is 2. The maximum atomic E-state index is 9.24. The second-order valence-electron chi connectivity index (χ2n) is 7.45. The Morgan fingerprint density at radius 3 is 2.30 bits per heavy atom. The van der Waals surface area contributed by atoms with E-state index in [9.17, 15) is 5.26 Å². The lowest BCUT2D eigenvalue weighted by Crippen LogP contribution is -2.10. The molecule has 0 saturated heterocycles. The largest absolute Gasteiger partial charge is 0.339 e. The zero-order valence-corrected chi connectivity index (χ0v) is 16.0. The smallest absolute Gasteiger partial charge is 0.229 e. The Balaban J connectivity index is 1.82. The molecule has 0 amide bonds. The number of rotatable bonds is 4. The highest BCUT2D eigenvalue weighted by Crippen LogP contribution is 2.25. The standard InChI is InChI=1S/C22H23N5/c1-15-13-20(26-19-8-6-5-7-16(19)14-23)27-21(24-15)25-18-11-9-17(10-12-18)22(2,3)4/h5-13H,1-4H3,(H2,24,25,26,27). The SMILES string of the molecule is Cc1cc(Nc2ccccc2C#N)nc(Nc2ccc(C(C)(C)C)cc2)n1. The number of nitriles is 1. The molecule has 0 aliphatic carbocycles. The van der Waals surface area contributed by atoms with Crippen LogP contribution in [0.25, 0.3) is 0 Å². The lowest BCUT2D eigenvalue weighted by Gasteiger charge is -2.19. The van der Waals surface area contributed by atoms with Gasteiger partial charge >= 0.3 is 0 Å². The van der Waals surface area contributed by atoms with Crippen LogP contribution in [0.15, 0.2) is 54.6 Å². The normalized spacial score (nSPS) is 10.9. The Hall–Kier alpha value is -3.39. The third kappa shape index (κ3) is 4.62. The minimum Gasteiger partial charge on any atom is -0.339 e. The minimum absolute atomic E-state index is 0.115. The summed E-state index contributed by atoms with van der Waals surface area (Å²) in [5.41, 5.74) is 4.44. The molecule has 0 unspecified atom stereocenters. The van der Waals surface area contributed by atoms with Crippen LogP contribution in [0.2, 0.25) is 0 Å². The zero-order chi connectivity index (χ0) is 19.4. The molecule has 136 valence electrons. The van der Waals surface area contributed by atoms with Crippen LogP contribution in [0.4, 0.5) is 23.1 Å². The van der Waals surface area contributed by atoms with E-state index in [1.165, 1.54) is 5.56 Å². The van der Waals surface area contributed by atoms with Crippen molar-refractivity contribution in [1.29, 1.82) is 5.26 Å². The Morgan fingerprint density at radius 2 is 1.63 bits per heavy atom. The van der Waals surface area contributed by atoms with E-state index in [4.69, 9.17) is 0 Å². The van der Waals surface area contributed by atoms with Crippen molar-refractivity contribution < 1.29 is 0 Å². The monoisotopic (exact) mass is 357 g/mol. The van der Waals surface area contributed by atoms with Crippen LogP contribution in [0.3, 0.4) is 0 Å². The van der Waals surface area contributed by atoms with Crippen molar-refractivity contribution >= 4 is 23.1 Å². The summed E-state index contributed by atoms with van der Waals surface area (Å²) in [5.74, 6) is 1.15. The predicted molar refractivity (Wildman–Crippen MR) is 110 cm³/mol. The fourth-order valence-electron chi connectivity index (χ4n) is 2.70. The summed E-state index contributed by atoms with van der Waals surface area (Å²) in [6.07, 6.45) is 0. The van der Waals surface area contributed by atoms with Gasteiger partial charge in [-0.3, -0.25) is 0 Å². The number of anilines is 4. The van der Waals surface area contributed by atoms with E-state index in [0.29, 0.717) is 17.3 Å². The molecular weight excluding hydrogens is 334 g/mol. The van der Waals surface area contributed by atoms with Gasteiger partial charge in [0.25, 0.3) is 0 Å². The van der Waals surface area contributed by atoms with Crippen LogP contribution in [-0.4, -0.2) is 9.97 Å². The first-order chi connectivity index (χ1) is 12.8. The Morgan fingerprint density at radius 1 is 0.926 bits per heavy atom. The molecule has 0 aliphatic rings. The summed E-state index contributed by atoms with van der Waals surface area (Å²) in [6.45, 7) is 8.49. The summed E-state index contributed by atoms with van der Waals surface area (Å²) >= 11 is 0. The van der Waals surface area contributed by atoms with E-state index in [1.807, 2.05) is 43.3 Å². The molecule has 0 radical (unpaired) electrons. The lowest BCUT2D eigenvalue weighted by atomic mass is 9.87. The number of nitrogens with one attached hydrogen (secondary N) is 2. The molecule has 1 heterocycles. The van der Waals surface area contributed by atoms with Crippen LogP contribution in [-0.2, 0) is 5.41 Å². The first-order valence-electron chi connectivity index (χ1n) is 8.84. The van der Waals surface area contributed by atoms with Crippen molar-refractivity contribution in [1.82, 2.24) is 9.97 Å². The highest BCUT2D eigenvalue weighted by atomic mass is 15.1. The summed E-state index contributed by atoms with van der Waals surface area (Å²) in [5, 5.41) is 15.7. The molecule has 3 aromatic rings. The number of aryl methyl sites for hydroxylation is 1. The van der Waals surface area contributed by atoms with Crippen LogP contribution in [0.1, 0.15) is 37.6 Å². The molecule has 3 rings (SSSR count). The summed E-state index contributed by atoms with van der Waals surface area (Å²) in [6, 6.07) is 19.7. The van der Waals surface area contributed by atoms with Crippen LogP contribution in [0, 0.1) is 18.3 Å². The van der Waals surface area contributed by atoms with E-state index in [2.05, 4.69) is 59.6 Å². The third-order valence-electron chi connectivity index (χ3n) is 4.17. The molecule has 0 atom stereocenters. The molecule has 5 heteroatoms. The molecule has 0 spiro atoms. The molecule has 1 aromatic heterocycles. The van der Waals surface area contributed by atoms with Gasteiger partial charge in [0, 0.05) is 17.4 Å². The third-order valence-corrected chi connectivity index (χ3v) is 4.17. The molecule has 0 aliphatic heterocycles.